The van der Waals surface area contributed by atoms with E-state index in [1.807, 2.05) is 0 Å². The molecule has 0 aromatic rings. The third-order valence-corrected chi connectivity index (χ3v) is 2.49. The first-order valence-electron chi connectivity index (χ1n) is 5.26. The molecule has 0 bridgehead atoms. The molecular formula is C12H20. The predicted octanol–water partition coefficient (Wildman–Crippen LogP) is 4.23. The van der Waals surface area contributed by atoms with Gasteiger partial charge >= 0.3 is 0 Å². The number of hydrogen-bond donors (Lipinski definition) is 0. The van der Waals surface area contributed by atoms with Gasteiger partial charge in [0.1, 0.15) is 0 Å². The highest BCUT2D eigenvalue weighted by molar-refractivity contribution is 5.33. The van der Waals surface area contributed by atoms with E-state index in [0.29, 0.717) is 0 Å². The number of allylic oxidation sites excluding steroid dienone is 4. The average Bonchev–Trinajstić information content (AvgIpc) is 2.50. The molecule has 0 aromatic heterocycles. The zero-order valence-corrected chi connectivity index (χ0v) is 8.40. The van der Waals surface area contributed by atoms with E-state index in [0.717, 1.165) is 0 Å². The van der Waals surface area contributed by atoms with Crippen molar-refractivity contribution in [2.45, 2.75) is 52.4 Å². The first kappa shape index (κ1) is 9.57. The summed E-state index contributed by atoms with van der Waals surface area (Å²) in [6.07, 6.45) is 12.5. The maximum absolute atomic E-state index is 2.33. The van der Waals surface area contributed by atoms with Crippen LogP contribution in [0.15, 0.2) is 23.3 Å². The molecule has 0 heteroatoms. The minimum atomic E-state index is 1.23. The van der Waals surface area contributed by atoms with E-state index in [1.54, 1.807) is 11.1 Å². The summed E-state index contributed by atoms with van der Waals surface area (Å²) in [5.41, 5.74) is 3.34. The molecule has 0 saturated heterocycles. The second kappa shape index (κ2) is 5.18. The quantitative estimate of drug-likeness (QED) is 0.570. The van der Waals surface area contributed by atoms with Crippen LogP contribution in [-0.2, 0) is 0 Å². The summed E-state index contributed by atoms with van der Waals surface area (Å²) in [4.78, 5) is 0. The van der Waals surface area contributed by atoms with Crippen molar-refractivity contribution in [3.05, 3.63) is 23.3 Å². The van der Waals surface area contributed by atoms with Gasteiger partial charge in [0.25, 0.3) is 0 Å². The largest absolute Gasteiger partial charge is 0.0802 e. The molecule has 1 rings (SSSR count). The summed E-state index contributed by atoms with van der Waals surface area (Å²) in [7, 11) is 0. The summed E-state index contributed by atoms with van der Waals surface area (Å²) in [6.45, 7) is 4.53. The predicted molar refractivity (Wildman–Crippen MR) is 55.2 cm³/mol. The molecule has 0 aromatic carbocycles. The normalized spacial score (nSPS) is 16.2. The topological polar surface area (TPSA) is 0 Å². The van der Waals surface area contributed by atoms with E-state index < -0.39 is 0 Å². The van der Waals surface area contributed by atoms with Crippen molar-refractivity contribution < 1.29 is 0 Å². The van der Waals surface area contributed by atoms with E-state index in [1.165, 1.54) is 38.5 Å². The van der Waals surface area contributed by atoms with E-state index in [2.05, 4.69) is 26.0 Å². The van der Waals surface area contributed by atoms with Gasteiger partial charge in [-0.25, -0.2) is 0 Å². The minimum absolute atomic E-state index is 1.23. The van der Waals surface area contributed by atoms with Crippen LogP contribution in [0.4, 0.5) is 0 Å². The Kier molecular flexibility index (Phi) is 4.13. The standard InChI is InChI=1S/C12H20/c1-3-5-8-12-10-6-9-11(12)7-4-2/h6,10H,3-5,7-9H2,1-2H3. The molecule has 1 aliphatic carbocycles. The third kappa shape index (κ3) is 2.51. The summed E-state index contributed by atoms with van der Waals surface area (Å²) in [5.74, 6) is 0. The summed E-state index contributed by atoms with van der Waals surface area (Å²) >= 11 is 0. The molecule has 0 radical (unpaired) electrons. The molecule has 0 fully saturated rings. The van der Waals surface area contributed by atoms with Crippen molar-refractivity contribution in [3.63, 3.8) is 0 Å². The number of hydrogen-bond acceptors (Lipinski definition) is 0. The van der Waals surface area contributed by atoms with Crippen LogP contribution < -0.4 is 0 Å². The molecule has 0 unspecified atom stereocenters. The number of unbranched alkanes of at least 4 members (excludes halogenated alkanes) is 1. The van der Waals surface area contributed by atoms with Gasteiger partial charge in [-0.15, -0.1) is 0 Å². The molecular weight excluding hydrogens is 144 g/mol. The highest BCUT2D eigenvalue weighted by Gasteiger charge is 2.06. The van der Waals surface area contributed by atoms with E-state index in [9.17, 15) is 0 Å². The van der Waals surface area contributed by atoms with Gasteiger partial charge in [0, 0.05) is 0 Å². The molecule has 0 saturated carbocycles. The first-order chi connectivity index (χ1) is 5.88. The molecule has 0 atom stereocenters. The van der Waals surface area contributed by atoms with Gasteiger partial charge in [-0.3, -0.25) is 0 Å². The van der Waals surface area contributed by atoms with Gasteiger partial charge in [-0.1, -0.05) is 44.4 Å². The molecule has 0 heterocycles. The molecule has 0 spiro atoms. The van der Waals surface area contributed by atoms with Gasteiger partial charge in [0.2, 0.25) is 0 Å². The summed E-state index contributed by atoms with van der Waals surface area (Å²) < 4.78 is 0. The second-order valence-electron chi connectivity index (χ2n) is 3.59. The Labute approximate surface area is 76.4 Å². The molecule has 68 valence electrons. The Morgan fingerprint density at radius 2 is 2.00 bits per heavy atom. The Morgan fingerprint density at radius 1 is 1.17 bits per heavy atom. The van der Waals surface area contributed by atoms with Crippen LogP contribution in [0.25, 0.3) is 0 Å². The van der Waals surface area contributed by atoms with Crippen molar-refractivity contribution in [2.24, 2.45) is 0 Å². The van der Waals surface area contributed by atoms with Crippen molar-refractivity contribution in [3.8, 4) is 0 Å². The number of rotatable bonds is 5. The Balaban J connectivity index is 2.44. The Morgan fingerprint density at radius 3 is 2.67 bits per heavy atom. The third-order valence-electron chi connectivity index (χ3n) is 2.49. The van der Waals surface area contributed by atoms with Crippen LogP contribution in [0.2, 0.25) is 0 Å². The maximum Gasteiger partial charge on any atom is -0.0130 e. The molecule has 1 aliphatic rings. The fourth-order valence-electron chi connectivity index (χ4n) is 1.78. The molecule has 12 heavy (non-hydrogen) atoms. The van der Waals surface area contributed by atoms with E-state index >= 15 is 0 Å². The van der Waals surface area contributed by atoms with Crippen LogP contribution in [0.5, 0.6) is 0 Å². The minimum Gasteiger partial charge on any atom is -0.0802 e. The second-order valence-corrected chi connectivity index (χ2v) is 3.59. The monoisotopic (exact) mass is 164 g/mol. The van der Waals surface area contributed by atoms with Crippen molar-refractivity contribution >= 4 is 0 Å². The summed E-state index contributed by atoms with van der Waals surface area (Å²) in [5, 5.41) is 0. The van der Waals surface area contributed by atoms with Crippen LogP contribution in [-0.4, -0.2) is 0 Å². The summed E-state index contributed by atoms with van der Waals surface area (Å²) in [6, 6.07) is 0. The van der Waals surface area contributed by atoms with Gasteiger partial charge < -0.3 is 0 Å². The smallest absolute Gasteiger partial charge is 0.0130 e. The lowest BCUT2D eigenvalue weighted by molar-refractivity contribution is 0.781. The molecule has 0 nitrogen and oxygen atoms in total. The highest BCUT2D eigenvalue weighted by Crippen LogP contribution is 2.26. The SMILES string of the molecule is CCCCC1=C(CCC)CC=C1. The van der Waals surface area contributed by atoms with Crippen molar-refractivity contribution in [1.82, 2.24) is 0 Å². The zero-order chi connectivity index (χ0) is 8.81. The van der Waals surface area contributed by atoms with E-state index in [-0.39, 0.29) is 0 Å². The zero-order valence-electron chi connectivity index (χ0n) is 8.40. The van der Waals surface area contributed by atoms with Crippen LogP contribution in [0.3, 0.4) is 0 Å². The lowest BCUT2D eigenvalue weighted by Gasteiger charge is -2.04. The van der Waals surface area contributed by atoms with Crippen LogP contribution in [0, 0.1) is 0 Å². The maximum atomic E-state index is 2.33. The molecule has 0 amide bonds. The Hall–Kier alpha value is -0.520. The van der Waals surface area contributed by atoms with Crippen molar-refractivity contribution in [1.29, 1.82) is 0 Å². The van der Waals surface area contributed by atoms with Gasteiger partial charge in [0.05, 0.1) is 0 Å². The Bertz CT molecular complexity index is 184. The van der Waals surface area contributed by atoms with Crippen LogP contribution >= 0.6 is 0 Å². The van der Waals surface area contributed by atoms with Gasteiger partial charge in [-0.2, -0.15) is 0 Å². The van der Waals surface area contributed by atoms with Crippen LogP contribution in [0.1, 0.15) is 52.4 Å². The lowest BCUT2D eigenvalue weighted by atomic mass is 10.0. The van der Waals surface area contributed by atoms with E-state index in [4.69, 9.17) is 0 Å². The van der Waals surface area contributed by atoms with Gasteiger partial charge in [-0.05, 0) is 31.3 Å². The molecule has 0 N–H and O–H groups in total. The average molecular weight is 164 g/mol. The fraction of sp³-hybridized carbons (Fsp3) is 0.667. The van der Waals surface area contributed by atoms with Crippen molar-refractivity contribution in [2.75, 3.05) is 0 Å². The first-order valence-corrected chi connectivity index (χ1v) is 5.26. The lowest BCUT2D eigenvalue weighted by Crippen LogP contribution is -1.85. The fourth-order valence-corrected chi connectivity index (χ4v) is 1.78. The van der Waals surface area contributed by atoms with Gasteiger partial charge in [0.15, 0.2) is 0 Å². The highest BCUT2D eigenvalue weighted by atomic mass is 14.1. The molecule has 0 aliphatic heterocycles.